The van der Waals surface area contributed by atoms with Crippen molar-refractivity contribution in [3.8, 4) is 0 Å². The molecule has 6 heteroatoms. The van der Waals surface area contributed by atoms with E-state index in [-0.39, 0.29) is 5.96 Å². The summed E-state index contributed by atoms with van der Waals surface area (Å²) in [5.74, 6) is -1.18. The van der Waals surface area contributed by atoms with Crippen LogP contribution in [0.3, 0.4) is 0 Å². The van der Waals surface area contributed by atoms with E-state index in [9.17, 15) is 9.59 Å². The van der Waals surface area contributed by atoms with Gasteiger partial charge in [-0.3, -0.25) is 20.2 Å². The number of carbonyl (C=O) groups excluding carboxylic acids is 2. The second-order valence-electron chi connectivity index (χ2n) is 3.54. The highest BCUT2D eigenvalue weighted by Crippen LogP contribution is 2.07. The lowest BCUT2D eigenvalue weighted by atomic mass is 10.1. The van der Waals surface area contributed by atoms with E-state index in [2.05, 4.69) is 15.6 Å². The van der Waals surface area contributed by atoms with Crippen molar-refractivity contribution < 1.29 is 14.3 Å². The molecule has 0 aromatic heterocycles. The number of amides is 2. The van der Waals surface area contributed by atoms with Crippen LogP contribution in [0, 0.1) is 0 Å². The van der Waals surface area contributed by atoms with Crippen LogP contribution < -0.4 is 10.6 Å². The van der Waals surface area contributed by atoms with E-state index in [0.717, 1.165) is 0 Å². The lowest BCUT2D eigenvalue weighted by Crippen LogP contribution is -2.31. The average molecular weight is 199 g/mol. The quantitative estimate of drug-likeness (QED) is 0.573. The fraction of sp³-hybridized carbons (Fsp3) is 0.625. The summed E-state index contributed by atoms with van der Waals surface area (Å²) in [7, 11) is 1.58. The Kier molecular flexibility index (Phi) is 2.85. The Morgan fingerprint density at radius 2 is 1.79 bits per heavy atom. The number of guanidine groups is 1. The van der Waals surface area contributed by atoms with Crippen LogP contribution in [0.5, 0.6) is 0 Å². The maximum absolute atomic E-state index is 10.7. The second kappa shape index (κ2) is 3.75. The van der Waals surface area contributed by atoms with E-state index < -0.39 is 17.4 Å². The molecule has 6 nitrogen and oxygen atoms in total. The largest absolute Gasteiger partial charge is 0.377 e. The van der Waals surface area contributed by atoms with E-state index in [0.29, 0.717) is 6.54 Å². The van der Waals surface area contributed by atoms with Gasteiger partial charge in [0.25, 0.3) is 0 Å². The molecule has 2 amide bonds. The number of nitrogens with zero attached hydrogens (tertiary/aromatic N) is 1. The molecular formula is C8H13N3O3. The number of aliphatic imine (C=N–C) groups is 1. The van der Waals surface area contributed by atoms with Crippen LogP contribution in [0.15, 0.2) is 4.99 Å². The van der Waals surface area contributed by atoms with Gasteiger partial charge in [0.05, 0.1) is 12.1 Å². The molecule has 2 N–H and O–H groups in total. The summed E-state index contributed by atoms with van der Waals surface area (Å²) < 4.78 is 5.12. The first-order valence-corrected chi connectivity index (χ1v) is 4.16. The Hall–Kier alpha value is -1.43. The van der Waals surface area contributed by atoms with Crippen LogP contribution in [0.25, 0.3) is 0 Å². The Morgan fingerprint density at radius 3 is 2.21 bits per heavy atom. The van der Waals surface area contributed by atoms with Gasteiger partial charge < -0.3 is 4.74 Å². The molecular weight excluding hydrogens is 186 g/mol. The Balaban J connectivity index is 2.56. The first-order chi connectivity index (χ1) is 6.44. The molecule has 1 fully saturated rings. The molecule has 0 unspecified atom stereocenters. The highest BCUT2D eigenvalue weighted by Gasteiger charge is 2.26. The van der Waals surface area contributed by atoms with Gasteiger partial charge in [-0.1, -0.05) is 0 Å². The Labute approximate surface area is 81.7 Å². The number of hydrogen-bond donors (Lipinski definition) is 2. The molecule has 0 radical (unpaired) electrons. The maximum atomic E-state index is 10.7. The van der Waals surface area contributed by atoms with Gasteiger partial charge in [0.2, 0.25) is 5.96 Å². The zero-order chi connectivity index (χ0) is 10.8. The van der Waals surface area contributed by atoms with Gasteiger partial charge in [0.15, 0.2) is 0 Å². The lowest BCUT2D eigenvalue weighted by Gasteiger charge is -2.19. The number of hydrogen-bond acceptors (Lipinski definition) is 4. The van der Waals surface area contributed by atoms with Gasteiger partial charge in [-0.25, -0.2) is 4.99 Å². The number of methoxy groups -OCH3 is 1. The molecule has 1 saturated heterocycles. The minimum atomic E-state index is -0.682. The second-order valence-corrected chi connectivity index (χ2v) is 3.54. The summed E-state index contributed by atoms with van der Waals surface area (Å²) >= 11 is 0. The number of rotatable bonds is 3. The highest BCUT2D eigenvalue weighted by atomic mass is 16.5. The van der Waals surface area contributed by atoms with Crippen LogP contribution in [0.2, 0.25) is 0 Å². The molecule has 0 aromatic rings. The first-order valence-electron chi connectivity index (χ1n) is 4.16. The van der Waals surface area contributed by atoms with Crippen LogP contribution in [-0.4, -0.2) is 37.0 Å². The highest BCUT2D eigenvalue weighted by molar-refractivity contribution is 6.45. The third kappa shape index (κ3) is 2.53. The van der Waals surface area contributed by atoms with E-state index in [1.54, 1.807) is 7.11 Å². The van der Waals surface area contributed by atoms with Crippen molar-refractivity contribution >= 4 is 17.8 Å². The third-order valence-corrected chi connectivity index (χ3v) is 1.84. The summed E-state index contributed by atoms with van der Waals surface area (Å²) in [6.07, 6.45) is 0. The predicted molar refractivity (Wildman–Crippen MR) is 49.7 cm³/mol. The van der Waals surface area contributed by atoms with E-state index in [4.69, 9.17) is 4.74 Å². The van der Waals surface area contributed by atoms with E-state index >= 15 is 0 Å². The zero-order valence-electron chi connectivity index (χ0n) is 8.38. The molecule has 1 rings (SSSR count). The summed E-state index contributed by atoms with van der Waals surface area (Å²) in [4.78, 5) is 25.5. The fourth-order valence-corrected chi connectivity index (χ4v) is 0.773. The Bertz CT molecular complexity index is 278. The van der Waals surface area contributed by atoms with Gasteiger partial charge >= 0.3 is 11.8 Å². The molecule has 78 valence electrons. The van der Waals surface area contributed by atoms with Gasteiger partial charge in [-0.2, -0.15) is 0 Å². The van der Waals surface area contributed by atoms with Crippen molar-refractivity contribution in [3.05, 3.63) is 0 Å². The number of ether oxygens (including phenoxy) is 1. The fourth-order valence-electron chi connectivity index (χ4n) is 0.773. The molecule has 14 heavy (non-hydrogen) atoms. The maximum Gasteiger partial charge on any atom is 0.316 e. The van der Waals surface area contributed by atoms with Gasteiger partial charge in [0, 0.05) is 7.11 Å². The summed E-state index contributed by atoms with van der Waals surface area (Å²) in [5.41, 5.74) is -0.412. The minimum Gasteiger partial charge on any atom is -0.377 e. The van der Waals surface area contributed by atoms with Crippen LogP contribution in [0.4, 0.5) is 0 Å². The van der Waals surface area contributed by atoms with Gasteiger partial charge in [0.1, 0.15) is 0 Å². The zero-order valence-corrected chi connectivity index (χ0v) is 8.38. The van der Waals surface area contributed by atoms with Crippen LogP contribution in [0.1, 0.15) is 13.8 Å². The molecule has 1 aliphatic heterocycles. The number of nitrogens with one attached hydrogen (secondary N) is 2. The van der Waals surface area contributed by atoms with Crippen LogP contribution >= 0.6 is 0 Å². The predicted octanol–water partition coefficient (Wildman–Crippen LogP) is -0.987. The normalized spacial score (nSPS) is 16.6. The standard InChI is InChI=1S/C8H13N3O3/c1-8(2,14-3)4-9-7-10-5(12)6(13)11-7/h4H2,1-3H3,(H2,9,10,11,12,13). The van der Waals surface area contributed by atoms with Crippen molar-refractivity contribution in [3.63, 3.8) is 0 Å². The van der Waals surface area contributed by atoms with Crippen molar-refractivity contribution in [2.24, 2.45) is 4.99 Å². The van der Waals surface area contributed by atoms with Crippen molar-refractivity contribution in [1.29, 1.82) is 0 Å². The monoisotopic (exact) mass is 199 g/mol. The molecule has 0 atom stereocenters. The first kappa shape index (κ1) is 10.6. The van der Waals surface area contributed by atoms with Crippen LogP contribution in [-0.2, 0) is 14.3 Å². The summed E-state index contributed by atoms with van der Waals surface area (Å²) in [6, 6.07) is 0. The smallest absolute Gasteiger partial charge is 0.316 e. The molecule has 1 aliphatic rings. The molecule has 0 spiro atoms. The third-order valence-electron chi connectivity index (χ3n) is 1.84. The average Bonchev–Trinajstić information content (AvgIpc) is 2.44. The molecule has 0 aromatic carbocycles. The van der Waals surface area contributed by atoms with E-state index in [1.165, 1.54) is 0 Å². The van der Waals surface area contributed by atoms with E-state index in [1.807, 2.05) is 13.8 Å². The van der Waals surface area contributed by atoms with Crippen molar-refractivity contribution in [2.45, 2.75) is 19.4 Å². The summed E-state index contributed by atoms with van der Waals surface area (Å²) in [5, 5.41) is 4.59. The Morgan fingerprint density at radius 1 is 1.29 bits per heavy atom. The topological polar surface area (TPSA) is 79.8 Å². The van der Waals surface area contributed by atoms with Gasteiger partial charge in [-0.15, -0.1) is 0 Å². The molecule has 0 saturated carbocycles. The van der Waals surface area contributed by atoms with Gasteiger partial charge in [-0.05, 0) is 13.8 Å². The van der Waals surface area contributed by atoms with Crippen molar-refractivity contribution in [1.82, 2.24) is 10.6 Å². The van der Waals surface area contributed by atoms with Crippen molar-refractivity contribution in [2.75, 3.05) is 13.7 Å². The molecule has 0 aliphatic carbocycles. The summed E-state index contributed by atoms with van der Waals surface area (Å²) in [6.45, 7) is 4.07. The lowest BCUT2D eigenvalue weighted by molar-refractivity contribution is -0.135. The SMILES string of the molecule is COC(C)(C)CN=C1NC(=O)C(=O)N1. The number of carbonyl (C=O) groups is 2. The minimum absolute atomic E-state index is 0.185. The molecule has 0 bridgehead atoms. The molecule has 1 heterocycles.